The van der Waals surface area contributed by atoms with Gasteiger partial charge in [-0.05, 0) is 31.6 Å². The predicted molar refractivity (Wildman–Crippen MR) is 72.4 cm³/mol. The number of amides is 1. The first-order valence-corrected chi connectivity index (χ1v) is 7.56. The van der Waals surface area contributed by atoms with E-state index in [-0.39, 0.29) is 0 Å². The van der Waals surface area contributed by atoms with Crippen molar-refractivity contribution < 1.29 is 9.53 Å². The van der Waals surface area contributed by atoms with Crippen LogP contribution in [0, 0.1) is 5.92 Å². The molecule has 2 fully saturated rings. The van der Waals surface area contributed by atoms with Gasteiger partial charge < -0.3 is 9.64 Å². The van der Waals surface area contributed by atoms with Crippen molar-refractivity contribution >= 4 is 5.91 Å². The van der Waals surface area contributed by atoms with Gasteiger partial charge in [-0.3, -0.25) is 4.79 Å². The molecule has 1 saturated carbocycles. The van der Waals surface area contributed by atoms with E-state index in [9.17, 15) is 4.79 Å². The van der Waals surface area contributed by atoms with E-state index < -0.39 is 0 Å². The molecule has 1 aliphatic carbocycles. The van der Waals surface area contributed by atoms with Crippen molar-refractivity contribution in [2.45, 2.75) is 70.4 Å². The molecule has 1 amide bonds. The molecule has 2 rings (SSSR count). The summed E-state index contributed by atoms with van der Waals surface area (Å²) in [4.78, 5) is 14.4. The molecule has 0 bridgehead atoms. The lowest BCUT2D eigenvalue weighted by Crippen LogP contribution is -2.47. The van der Waals surface area contributed by atoms with E-state index in [1.807, 2.05) is 0 Å². The van der Waals surface area contributed by atoms with Gasteiger partial charge in [-0.1, -0.05) is 26.2 Å². The predicted octanol–water partition coefficient (Wildman–Crippen LogP) is 2.98. The van der Waals surface area contributed by atoms with Gasteiger partial charge in [0, 0.05) is 26.1 Å². The first kappa shape index (κ1) is 13.9. The molecule has 1 heterocycles. The SMILES string of the molecule is CCC1CC(OC)CCN1C(=O)CCC1CCC1. The zero-order valence-corrected chi connectivity index (χ0v) is 11.9. The number of likely N-dealkylation sites (tertiary alicyclic amines) is 1. The number of nitrogens with zero attached hydrogens (tertiary/aromatic N) is 1. The van der Waals surface area contributed by atoms with Crippen LogP contribution in [0.1, 0.15) is 58.3 Å². The number of piperidine rings is 1. The molecule has 2 aliphatic rings. The third-order valence-corrected chi connectivity index (χ3v) is 4.78. The van der Waals surface area contributed by atoms with Gasteiger partial charge in [-0.2, -0.15) is 0 Å². The van der Waals surface area contributed by atoms with Crippen molar-refractivity contribution in [3.05, 3.63) is 0 Å². The summed E-state index contributed by atoms with van der Waals surface area (Å²) in [6, 6.07) is 0.401. The highest BCUT2D eigenvalue weighted by atomic mass is 16.5. The second-order valence-corrected chi connectivity index (χ2v) is 5.87. The van der Waals surface area contributed by atoms with Crippen LogP contribution in [0.3, 0.4) is 0 Å². The van der Waals surface area contributed by atoms with E-state index in [2.05, 4.69) is 11.8 Å². The number of ether oxygens (including phenoxy) is 1. The van der Waals surface area contributed by atoms with E-state index in [0.29, 0.717) is 18.1 Å². The fourth-order valence-corrected chi connectivity index (χ4v) is 3.20. The minimum Gasteiger partial charge on any atom is -0.381 e. The van der Waals surface area contributed by atoms with Gasteiger partial charge in [0.2, 0.25) is 5.91 Å². The van der Waals surface area contributed by atoms with Gasteiger partial charge in [0.15, 0.2) is 0 Å². The molecule has 18 heavy (non-hydrogen) atoms. The fourth-order valence-electron chi connectivity index (χ4n) is 3.20. The molecule has 0 aromatic carbocycles. The summed E-state index contributed by atoms with van der Waals surface area (Å²) in [5, 5.41) is 0. The smallest absolute Gasteiger partial charge is 0.222 e. The molecule has 3 nitrogen and oxygen atoms in total. The van der Waals surface area contributed by atoms with Crippen molar-refractivity contribution in [3.63, 3.8) is 0 Å². The van der Waals surface area contributed by atoms with E-state index in [0.717, 1.165) is 44.6 Å². The second kappa shape index (κ2) is 6.55. The van der Waals surface area contributed by atoms with Gasteiger partial charge >= 0.3 is 0 Å². The standard InChI is InChI=1S/C15H27NO2/c1-3-13-11-14(18-2)9-10-16(13)15(17)8-7-12-5-4-6-12/h12-14H,3-11H2,1-2H3. The molecule has 0 N–H and O–H groups in total. The van der Waals surface area contributed by atoms with Crippen LogP contribution in [0.2, 0.25) is 0 Å². The summed E-state index contributed by atoms with van der Waals surface area (Å²) < 4.78 is 5.44. The number of carbonyl (C=O) groups excluding carboxylic acids is 1. The Morgan fingerprint density at radius 2 is 2.11 bits per heavy atom. The summed E-state index contributed by atoms with van der Waals surface area (Å²) >= 11 is 0. The highest BCUT2D eigenvalue weighted by Gasteiger charge is 2.30. The highest BCUT2D eigenvalue weighted by molar-refractivity contribution is 5.76. The zero-order valence-electron chi connectivity index (χ0n) is 11.9. The quantitative estimate of drug-likeness (QED) is 0.754. The maximum absolute atomic E-state index is 12.3. The van der Waals surface area contributed by atoms with E-state index in [1.165, 1.54) is 19.3 Å². The molecule has 3 heteroatoms. The molecular weight excluding hydrogens is 226 g/mol. The number of carbonyl (C=O) groups is 1. The molecule has 0 aromatic rings. The molecule has 2 atom stereocenters. The summed E-state index contributed by atoms with van der Waals surface area (Å²) in [6.07, 6.45) is 9.35. The average molecular weight is 253 g/mol. The normalized spacial score (nSPS) is 29.1. The lowest BCUT2D eigenvalue weighted by molar-refractivity contribution is -0.137. The molecule has 104 valence electrons. The van der Waals surface area contributed by atoms with Crippen LogP contribution in [0.15, 0.2) is 0 Å². The van der Waals surface area contributed by atoms with Gasteiger partial charge in [0.25, 0.3) is 0 Å². The minimum absolute atomic E-state index is 0.352. The lowest BCUT2D eigenvalue weighted by atomic mass is 9.82. The van der Waals surface area contributed by atoms with Gasteiger partial charge in [0.1, 0.15) is 0 Å². The van der Waals surface area contributed by atoms with Crippen molar-refractivity contribution in [2.75, 3.05) is 13.7 Å². The Morgan fingerprint density at radius 1 is 1.33 bits per heavy atom. The number of rotatable bonds is 5. The van der Waals surface area contributed by atoms with Crippen molar-refractivity contribution in [2.24, 2.45) is 5.92 Å². The molecule has 0 radical (unpaired) electrons. The number of methoxy groups -OCH3 is 1. The fraction of sp³-hybridized carbons (Fsp3) is 0.933. The van der Waals surface area contributed by atoms with Crippen LogP contribution in [-0.4, -0.2) is 36.6 Å². The van der Waals surface area contributed by atoms with Crippen LogP contribution in [-0.2, 0) is 9.53 Å². The maximum Gasteiger partial charge on any atom is 0.222 e. The van der Waals surface area contributed by atoms with Crippen LogP contribution >= 0.6 is 0 Å². The van der Waals surface area contributed by atoms with Gasteiger partial charge in [-0.15, -0.1) is 0 Å². The van der Waals surface area contributed by atoms with E-state index in [4.69, 9.17) is 4.74 Å². The first-order chi connectivity index (χ1) is 8.74. The molecule has 1 saturated heterocycles. The monoisotopic (exact) mass is 253 g/mol. The molecule has 0 spiro atoms. The lowest BCUT2D eigenvalue weighted by Gasteiger charge is -2.39. The van der Waals surface area contributed by atoms with Crippen molar-refractivity contribution in [1.82, 2.24) is 4.90 Å². The Hall–Kier alpha value is -0.570. The van der Waals surface area contributed by atoms with E-state index >= 15 is 0 Å². The first-order valence-electron chi connectivity index (χ1n) is 7.56. The van der Waals surface area contributed by atoms with Crippen molar-refractivity contribution in [3.8, 4) is 0 Å². The average Bonchev–Trinajstić information content (AvgIpc) is 2.35. The number of hydrogen-bond acceptors (Lipinski definition) is 2. The molecule has 0 aromatic heterocycles. The summed E-state index contributed by atoms with van der Waals surface area (Å²) in [7, 11) is 1.78. The van der Waals surface area contributed by atoms with E-state index in [1.54, 1.807) is 7.11 Å². The zero-order chi connectivity index (χ0) is 13.0. The summed E-state index contributed by atoms with van der Waals surface area (Å²) in [6.45, 7) is 3.06. The summed E-state index contributed by atoms with van der Waals surface area (Å²) in [5.74, 6) is 1.22. The third-order valence-electron chi connectivity index (χ3n) is 4.78. The topological polar surface area (TPSA) is 29.5 Å². The second-order valence-electron chi connectivity index (χ2n) is 5.87. The van der Waals surface area contributed by atoms with Gasteiger partial charge in [-0.25, -0.2) is 0 Å². The highest BCUT2D eigenvalue weighted by Crippen LogP contribution is 2.31. The van der Waals surface area contributed by atoms with Crippen LogP contribution < -0.4 is 0 Å². The molecular formula is C15H27NO2. The van der Waals surface area contributed by atoms with Crippen LogP contribution in [0.5, 0.6) is 0 Å². The molecule has 2 unspecified atom stereocenters. The van der Waals surface area contributed by atoms with Crippen molar-refractivity contribution in [1.29, 1.82) is 0 Å². The molecule has 1 aliphatic heterocycles. The maximum atomic E-state index is 12.3. The Morgan fingerprint density at radius 3 is 2.67 bits per heavy atom. The largest absolute Gasteiger partial charge is 0.381 e. The van der Waals surface area contributed by atoms with Crippen LogP contribution in [0.4, 0.5) is 0 Å². The Labute approximate surface area is 111 Å². The Balaban J connectivity index is 1.80. The minimum atomic E-state index is 0.352. The van der Waals surface area contributed by atoms with Gasteiger partial charge in [0.05, 0.1) is 6.10 Å². The number of hydrogen-bond donors (Lipinski definition) is 0. The summed E-state index contributed by atoms with van der Waals surface area (Å²) in [5.41, 5.74) is 0. The Bertz CT molecular complexity index is 276. The van der Waals surface area contributed by atoms with Crippen LogP contribution in [0.25, 0.3) is 0 Å². The third kappa shape index (κ3) is 3.25. The Kier molecular flexibility index (Phi) is 5.04.